The number of unbranched alkanes of at least 4 members (excludes halogenated alkanes) is 2. The minimum Gasteiger partial charge on any atom is -0.465 e. The molecule has 2 aliphatic rings. The van der Waals surface area contributed by atoms with Crippen molar-refractivity contribution in [3.63, 3.8) is 0 Å². The van der Waals surface area contributed by atoms with Gasteiger partial charge in [0.15, 0.2) is 0 Å². The molecule has 38 heavy (non-hydrogen) atoms. The summed E-state index contributed by atoms with van der Waals surface area (Å²) in [7, 11) is -3.84. The molecular formula is C27H47O10P. The average molecular weight is 563 g/mol. The van der Waals surface area contributed by atoms with Crippen LogP contribution in [0.15, 0.2) is 12.2 Å². The second-order valence-corrected chi connectivity index (χ2v) is 12.2. The van der Waals surface area contributed by atoms with E-state index in [9.17, 15) is 24.4 Å². The van der Waals surface area contributed by atoms with Crippen molar-refractivity contribution in [2.45, 2.75) is 103 Å². The quantitative estimate of drug-likeness (QED) is 0.118. The Hall–Kier alpha value is -1.29. The molecule has 0 aliphatic heterocycles. The first-order valence-electron chi connectivity index (χ1n) is 14.0. The van der Waals surface area contributed by atoms with Crippen LogP contribution < -0.4 is 0 Å². The number of hydrogen-bond donors (Lipinski definition) is 2. The molecule has 0 spiro atoms. The zero-order valence-corrected chi connectivity index (χ0v) is 24.1. The maximum Gasteiger partial charge on any atom is 0.475 e. The summed E-state index contributed by atoms with van der Waals surface area (Å²) in [6.07, 6.45) is 3.64. The molecule has 2 rings (SSSR count). The Morgan fingerprint density at radius 3 is 2.13 bits per heavy atom. The van der Waals surface area contributed by atoms with Gasteiger partial charge >= 0.3 is 19.8 Å². The summed E-state index contributed by atoms with van der Waals surface area (Å²) in [5.74, 6) is -1.69. The second kappa shape index (κ2) is 16.7. The number of ether oxygens (including phenoxy) is 2. The van der Waals surface area contributed by atoms with Gasteiger partial charge in [0, 0.05) is 11.5 Å². The molecule has 11 heteroatoms. The normalized spacial score (nSPS) is 28.0. The molecule has 2 saturated carbocycles. The van der Waals surface area contributed by atoms with E-state index in [4.69, 9.17) is 23.0 Å². The van der Waals surface area contributed by atoms with Crippen LogP contribution in [0.3, 0.4) is 0 Å². The minimum atomic E-state index is -3.84. The molecule has 0 bridgehead atoms. The first-order chi connectivity index (χ1) is 18.1. The lowest BCUT2D eigenvalue weighted by Crippen LogP contribution is -2.39. The van der Waals surface area contributed by atoms with Crippen molar-refractivity contribution in [3.8, 4) is 0 Å². The number of rotatable bonds is 16. The maximum absolute atomic E-state index is 13.2. The Morgan fingerprint density at radius 1 is 0.895 bits per heavy atom. The second-order valence-electron chi connectivity index (χ2n) is 10.6. The number of phosphoric acid groups is 1. The number of phosphoric ester groups is 1. The number of carbonyl (C=O) groups excluding carboxylic acids is 2. The molecule has 0 radical (unpaired) electrons. The monoisotopic (exact) mass is 562 g/mol. The molecule has 2 N–H and O–H groups in total. The summed E-state index contributed by atoms with van der Waals surface area (Å²) in [6.45, 7) is 9.76. The lowest BCUT2D eigenvalue weighted by Gasteiger charge is -2.35. The highest BCUT2D eigenvalue weighted by Gasteiger charge is 2.39. The van der Waals surface area contributed by atoms with Gasteiger partial charge in [-0.15, -0.1) is 0 Å². The van der Waals surface area contributed by atoms with Crippen molar-refractivity contribution in [3.05, 3.63) is 12.2 Å². The third kappa shape index (κ3) is 11.1. The van der Waals surface area contributed by atoms with E-state index >= 15 is 0 Å². The highest BCUT2D eigenvalue weighted by atomic mass is 31.2. The van der Waals surface area contributed by atoms with Gasteiger partial charge in [-0.3, -0.25) is 18.4 Å². The fourth-order valence-corrected chi connectivity index (χ4v) is 6.09. The molecule has 0 aromatic carbocycles. The molecule has 6 unspecified atom stereocenters. The largest absolute Gasteiger partial charge is 0.475 e. The summed E-state index contributed by atoms with van der Waals surface area (Å²) >= 11 is 0. The number of aliphatic hydroxyl groups excluding tert-OH is 2. The zero-order chi connectivity index (χ0) is 28.1. The van der Waals surface area contributed by atoms with Crippen molar-refractivity contribution in [1.29, 1.82) is 0 Å². The van der Waals surface area contributed by atoms with Crippen LogP contribution in [0.2, 0.25) is 0 Å². The molecule has 0 aromatic heterocycles. The number of esters is 2. The number of hydrogen-bond acceptors (Lipinski definition) is 10. The molecule has 0 aromatic rings. The van der Waals surface area contributed by atoms with Gasteiger partial charge in [-0.1, -0.05) is 33.3 Å². The molecular weight excluding hydrogens is 515 g/mol. The van der Waals surface area contributed by atoms with Crippen LogP contribution in [0, 0.1) is 17.8 Å². The van der Waals surface area contributed by atoms with Gasteiger partial charge in [0.2, 0.25) is 0 Å². The average Bonchev–Trinajstić information content (AvgIpc) is 2.88. The van der Waals surface area contributed by atoms with Gasteiger partial charge < -0.3 is 19.7 Å². The van der Waals surface area contributed by atoms with E-state index in [2.05, 4.69) is 6.58 Å². The van der Waals surface area contributed by atoms with Crippen molar-refractivity contribution in [1.82, 2.24) is 0 Å². The van der Waals surface area contributed by atoms with Crippen LogP contribution >= 0.6 is 7.82 Å². The van der Waals surface area contributed by atoms with E-state index in [1.54, 1.807) is 6.92 Å². The lowest BCUT2D eigenvalue weighted by atomic mass is 9.79. The fourth-order valence-electron chi connectivity index (χ4n) is 4.63. The predicted molar refractivity (Wildman–Crippen MR) is 141 cm³/mol. The van der Waals surface area contributed by atoms with E-state index < -0.39 is 38.0 Å². The first kappa shape index (κ1) is 32.9. The number of aliphatic hydroxyl groups is 2. The van der Waals surface area contributed by atoms with Crippen molar-refractivity contribution in [2.24, 2.45) is 17.8 Å². The molecule has 220 valence electrons. The maximum atomic E-state index is 13.2. The molecule has 2 aliphatic carbocycles. The topological polar surface area (TPSA) is 138 Å². The van der Waals surface area contributed by atoms with Crippen LogP contribution in [0.1, 0.15) is 85.0 Å². The molecule has 2 fully saturated rings. The highest BCUT2D eigenvalue weighted by Crippen LogP contribution is 2.52. The summed E-state index contributed by atoms with van der Waals surface area (Å²) in [5, 5.41) is 20.8. The summed E-state index contributed by atoms with van der Waals surface area (Å²) in [4.78, 5) is 24.5. The first-order valence-corrected chi connectivity index (χ1v) is 15.5. The Kier molecular flexibility index (Phi) is 14.5. The van der Waals surface area contributed by atoms with Crippen molar-refractivity contribution < 1.29 is 47.4 Å². The smallest absolute Gasteiger partial charge is 0.465 e. The molecule has 0 amide bonds. The Morgan fingerprint density at radius 2 is 1.53 bits per heavy atom. The Bertz CT molecular complexity index is 789. The molecule has 0 saturated heterocycles. The third-order valence-corrected chi connectivity index (χ3v) is 8.67. The van der Waals surface area contributed by atoms with E-state index in [-0.39, 0.29) is 49.8 Å². The summed E-state index contributed by atoms with van der Waals surface area (Å²) < 4.78 is 40.8. The Labute approximate surface area is 227 Å². The van der Waals surface area contributed by atoms with Crippen LogP contribution in [0.25, 0.3) is 0 Å². The standard InChI is InChI=1S/C27H47O10P/c1-5-7-13-35-38(32,36-14-8-6-2)37-25-15-20(9-11-24(25)29)17-33-27(31)21-10-12-23(28)22(16-21)18-34-26(30)19(3)4/h20-25,28-29H,3,5-18H2,1-2,4H3. The van der Waals surface area contributed by atoms with E-state index in [0.29, 0.717) is 51.4 Å². The lowest BCUT2D eigenvalue weighted by molar-refractivity contribution is -0.155. The van der Waals surface area contributed by atoms with E-state index in [1.165, 1.54) is 0 Å². The van der Waals surface area contributed by atoms with Gasteiger partial charge in [-0.2, -0.15) is 0 Å². The van der Waals surface area contributed by atoms with Crippen LogP contribution in [0.4, 0.5) is 0 Å². The van der Waals surface area contributed by atoms with Gasteiger partial charge in [0.25, 0.3) is 0 Å². The molecule has 10 nitrogen and oxygen atoms in total. The zero-order valence-electron chi connectivity index (χ0n) is 23.2. The predicted octanol–water partition coefficient (Wildman–Crippen LogP) is 4.71. The minimum absolute atomic E-state index is 0.0247. The van der Waals surface area contributed by atoms with Crippen LogP contribution in [-0.2, 0) is 37.2 Å². The number of carbonyl (C=O) groups is 2. The summed E-state index contributed by atoms with van der Waals surface area (Å²) in [5.41, 5.74) is 0.280. The van der Waals surface area contributed by atoms with Crippen LogP contribution in [0.5, 0.6) is 0 Å². The van der Waals surface area contributed by atoms with Gasteiger partial charge in [0.05, 0.1) is 50.7 Å². The highest BCUT2D eigenvalue weighted by molar-refractivity contribution is 7.48. The van der Waals surface area contributed by atoms with E-state index in [0.717, 1.165) is 12.8 Å². The fraction of sp³-hybridized carbons (Fsp3) is 0.852. The Balaban J connectivity index is 1.88. The van der Waals surface area contributed by atoms with Crippen molar-refractivity contribution >= 4 is 19.8 Å². The third-order valence-electron chi connectivity index (χ3n) is 7.14. The molecule has 0 heterocycles. The van der Waals surface area contributed by atoms with Gasteiger partial charge in [0.1, 0.15) is 0 Å². The van der Waals surface area contributed by atoms with Gasteiger partial charge in [-0.25, -0.2) is 9.36 Å². The van der Waals surface area contributed by atoms with Gasteiger partial charge in [-0.05, 0) is 64.2 Å². The summed E-state index contributed by atoms with van der Waals surface area (Å²) in [6, 6.07) is 0. The van der Waals surface area contributed by atoms with Crippen molar-refractivity contribution in [2.75, 3.05) is 26.4 Å². The SMILES string of the molecule is C=C(C)C(=O)OCC1CC(C(=O)OCC2CCC(O)C(OP(=O)(OCCCC)OCCCC)C2)CCC1O. The van der Waals surface area contributed by atoms with E-state index in [1.807, 2.05) is 13.8 Å². The van der Waals surface area contributed by atoms with Crippen LogP contribution in [-0.4, -0.2) is 66.9 Å². The molecule has 6 atom stereocenters.